The van der Waals surface area contributed by atoms with Crippen LogP contribution < -0.4 is 11.1 Å². The molecule has 0 saturated heterocycles. The Hall–Kier alpha value is -4.02. The number of fused-ring (bicyclic) bond motifs is 2. The molecule has 4 rings (SSSR count). The molecular formula is C18H22N8O3. The van der Waals surface area contributed by atoms with Gasteiger partial charge in [0.1, 0.15) is 5.82 Å². The van der Waals surface area contributed by atoms with Crippen LogP contribution >= 0.6 is 0 Å². The Morgan fingerprint density at radius 3 is 2.03 bits per heavy atom. The SMILES string of the molecule is CCC(=O)Nc1cn2ccncc2n1.CCC(=O)O.Nc1cn2ccncc2n1. The van der Waals surface area contributed by atoms with E-state index >= 15 is 0 Å². The van der Waals surface area contributed by atoms with Crippen LogP contribution in [0.3, 0.4) is 0 Å². The Labute approximate surface area is 166 Å². The number of hydrogen-bond donors (Lipinski definition) is 3. The average molecular weight is 398 g/mol. The van der Waals surface area contributed by atoms with Crippen LogP contribution in [-0.4, -0.2) is 45.7 Å². The maximum Gasteiger partial charge on any atom is 0.303 e. The lowest BCUT2D eigenvalue weighted by Gasteiger charge is -1.95. The number of carbonyl (C=O) groups is 2. The normalized spacial score (nSPS) is 9.86. The number of amides is 1. The quantitative estimate of drug-likeness (QED) is 0.473. The van der Waals surface area contributed by atoms with Crippen molar-refractivity contribution in [3.63, 3.8) is 0 Å². The minimum absolute atomic E-state index is 0.0404. The Balaban J connectivity index is 0.000000175. The van der Waals surface area contributed by atoms with Crippen LogP contribution in [0.15, 0.2) is 49.6 Å². The van der Waals surface area contributed by atoms with Crippen LogP contribution in [0.2, 0.25) is 0 Å². The molecule has 4 aromatic heterocycles. The predicted molar refractivity (Wildman–Crippen MR) is 107 cm³/mol. The first-order chi connectivity index (χ1) is 13.9. The van der Waals surface area contributed by atoms with Crippen molar-refractivity contribution < 1.29 is 14.7 Å². The molecule has 0 unspecified atom stereocenters. The monoisotopic (exact) mass is 398 g/mol. The second kappa shape index (κ2) is 10.3. The number of aliphatic carboxylic acids is 1. The molecule has 152 valence electrons. The maximum absolute atomic E-state index is 11.1. The summed E-state index contributed by atoms with van der Waals surface area (Å²) < 4.78 is 3.63. The average Bonchev–Trinajstić information content (AvgIpc) is 3.30. The molecule has 29 heavy (non-hydrogen) atoms. The summed E-state index contributed by atoms with van der Waals surface area (Å²) in [4.78, 5) is 36.4. The molecule has 1 amide bonds. The Morgan fingerprint density at radius 2 is 1.55 bits per heavy atom. The van der Waals surface area contributed by atoms with Crippen molar-refractivity contribution in [2.45, 2.75) is 26.7 Å². The van der Waals surface area contributed by atoms with Gasteiger partial charge in [0.25, 0.3) is 0 Å². The molecule has 0 radical (unpaired) electrons. The van der Waals surface area contributed by atoms with Gasteiger partial charge in [0, 0.05) is 37.6 Å². The first kappa shape index (κ1) is 21.3. The summed E-state index contributed by atoms with van der Waals surface area (Å²) in [6.45, 7) is 3.40. The standard InChI is InChI=1S/C9H10N4O.C6H6N4.C3H6O2/c1-2-9(14)12-7-6-13-4-3-10-5-8(13)11-7;7-5-4-10-2-1-8-3-6(10)9-5;1-2-3(4)5/h3-6H,2H2,1H3,(H,12,14);1-4H,7H2;2H2,1H3,(H,4,5). The highest BCUT2D eigenvalue weighted by Crippen LogP contribution is 2.07. The summed E-state index contributed by atoms with van der Waals surface area (Å²) in [5, 5.41) is 10.4. The Kier molecular flexibility index (Phi) is 7.59. The zero-order valence-corrected chi connectivity index (χ0v) is 16.1. The van der Waals surface area contributed by atoms with Crippen molar-refractivity contribution in [2.75, 3.05) is 11.1 Å². The predicted octanol–water partition coefficient (Wildman–Crippen LogP) is 1.87. The number of anilines is 2. The Morgan fingerprint density at radius 1 is 1.00 bits per heavy atom. The zero-order chi connectivity index (χ0) is 21.2. The molecule has 0 saturated carbocycles. The molecule has 0 aliphatic carbocycles. The van der Waals surface area contributed by atoms with E-state index in [1.165, 1.54) is 0 Å². The summed E-state index contributed by atoms with van der Waals surface area (Å²) in [5.74, 6) is 0.296. The van der Waals surface area contributed by atoms with Crippen molar-refractivity contribution in [1.29, 1.82) is 0 Å². The molecule has 0 aliphatic heterocycles. The number of aromatic nitrogens is 6. The number of carboxylic acid groups (broad SMARTS) is 1. The molecule has 11 nitrogen and oxygen atoms in total. The van der Waals surface area contributed by atoms with Gasteiger partial charge in [0.05, 0.1) is 24.8 Å². The zero-order valence-electron chi connectivity index (χ0n) is 16.1. The third-order valence-corrected chi connectivity index (χ3v) is 3.44. The number of imidazole rings is 2. The van der Waals surface area contributed by atoms with E-state index in [2.05, 4.69) is 25.3 Å². The van der Waals surface area contributed by atoms with Gasteiger partial charge in [0.2, 0.25) is 5.91 Å². The van der Waals surface area contributed by atoms with Gasteiger partial charge in [0.15, 0.2) is 17.1 Å². The van der Waals surface area contributed by atoms with E-state index < -0.39 is 5.97 Å². The molecule has 4 N–H and O–H groups in total. The summed E-state index contributed by atoms with van der Waals surface area (Å²) >= 11 is 0. The van der Waals surface area contributed by atoms with Gasteiger partial charge in [-0.3, -0.25) is 19.6 Å². The summed E-state index contributed by atoms with van der Waals surface area (Å²) in [7, 11) is 0. The lowest BCUT2D eigenvalue weighted by atomic mass is 10.4. The largest absolute Gasteiger partial charge is 0.481 e. The fourth-order valence-electron chi connectivity index (χ4n) is 2.00. The van der Waals surface area contributed by atoms with Gasteiger partial charge < -0.3 is 25.0 Å². The third-order valence-electron chi connectivity index (χ3n) is 3.44. The van der Waals surface area contributed by atoms with Crippen LogP contribution in [0.1, 0.15) is 26.7 Å². The number of carboxylic acids is 1. The van der Waals surface area contributed by atoms with E-state index in [1.807, 2.05) is 4.40 Å². The molecule has 0 aromatic carbocycles. The van der Waals surface area contributed by atoms with E-state index in [0.717, 1.165) is 11.3 Å². The molecule has 0 bridgehead atoms. The van der Waals surface area contributed by atoms with Crippen LogP contribution in [0.4, 0.5) is 11.6 Å². The van der Waals surface area contributed by atoms with E-state index in [9.17, 15) is 9.59 Å². The first-order valence-electron chi connectivity index (χ1n) is 8.77. The van der Waals surface area contributed by atoms with Crippen LogP contribution in [-0.2, 0) is 9.59 Å². The smallest absolute Gasteiger partial charge is 0.303 e. The van der Waals surface area contributed by atoms with Crippen LogP contribution in [0, 0.1) is 0 Å². The fourth-order valence-corrected chi connectivity index (χ4v) is 2.00. The van der Waals surface area contributed by atoms with Gasteiger partial charge >= 0.3 is 5.97 Å². The second-order valence-electron chi connectivity index (χ2n) is 5.62. The third kappa shape index (κ3) is 6.57. The minimum atomic E-state index is -0.745. The number of nitrogens with zero attached hydrogens (tertiary/aromatic N) is 6. The molecule has 11 heteroatoms. The number of carbonyl (C=O) groups excluding carboxylic acids is 1. The summed E-state index contributed by atoms with van der Waals surface area (Å²) in [5.41, 5.74) is 6.93. The van der Waals surface area contributed by atoms with Crippen molar-refractivity contribution in [3.05, 3.63) is 49.6 Å². The van der Waals surface area contributed by atoms with Crippen molar-refractivity contribution >= 4 is 34.8 Å². The molecule has 4 aromatic rings. The molecule has 0 atom stereocenters. The summed E-state index contributed by atoms with van der Waals surface area (Å²) in [6, 6.07) is 0. The van der Waals surface area contributed by atoms with Gasteiger partial charge in [-0.05, 0) is 0 Å². The van der Waals surface area contributed by atoms with Gasteiger partial charge in [-0.1, -0.05) is 13.8 Å². The Bertz CT molecular complexity index is 1020. The van der Waals surface area contributed by atoms with E-state index in [4.69, 9.17) is 10.8 Å². The second-order valence-corrected chi connectivity index (χ2v) is 5.62. The van der Waals surface area contributed by atoms with E-state index in [-0.39, 0.29) is 12.3 Å². The van der Waals surface area contributed by atoms with Crippen molar-refractivity contribution in [1.82, 2.24) is 28.7 Å². The number of nitrogens with two attached hydrogens (primary N) is 1. The number of nitrogens with one attached hydrogen (secondary N) is 1. The molecule has 0 aliphatic rings. The summed E-state index contributed by atoms with van der Waals surface area (Å²) in [6.07, 6.45) is 14.4. The molecule has 0 spiro atoms. The first-order valence-corrected chi connectivity index (χ1v) is 8.77. The lowest BCUT2D eigenvalue weighted by Crippen LogP contribution is -2.09. The van der Waals surface area contributed by atoms with Crippen LogP contribution in [0.5, 0.6) is 0 Å². The highest BCUT2D eigenvalue weighted by atomic mass is 16.4. The van der Waals surface area contributed by atoms with Crippen molar-refractivity contribution in [2.24, 2.45) is 0 Å². The van der Waals surface area contributed by atoms with Gasteiger partial charge in [-0.25, -0.2) is 9.97 Å². The van der Waals surface area contributed by atoms with E-state index in [0.29, 0.717) is 18.1 Å². The highest BCUT2D eigenvalue weighted by Gasteiger charge is 2.03. The highest BCUT2D eigenvalue weighted by molar-refractivity contribution is 5.89. The molecular weight excluding hydrogens is 376 g/mol. The van der Waals surface area contributed by atoms with Crippen molar-refractivity contribution in [3.8, 4) is 0 Å². The van der Waals surface area contributed by atoms with Crippen LogP contribution in [0.25, 0.3) is 11.3 Å². The number of hydrogen-bond acceptors (Lipinski definition) is 7. The van der Waals surface area contributed by atoms with Gasteiger partial charge in [-0.2, -0.15) is 0 Å². The van der Waals surface area contributed by atoms with E-state index in [1.54, 1.807) is 67.8 Å². The number of rotatable bonds is 3. The molecule has 0 fully saturated rings. The maximum atomic E-state index is 11.1. The van der Waals surface area contributed by atoms with Gasteiger partial charge in [-0.15, -0.1) is 0 Å². The lowest BCUT2D eigenvalue weighted by molar-refractivity contribution is -0.136. The topological polar surface area (TPSA) is 153 Å². The fraction of sp³-hybridized carbons (Fsp3) is 0.222. The number of nitrogen functional groups attached to an aromatic ring is 1. The minimum Gasteiger partial charge on any atom is -0.481 e. The molecule has 4 heterocycles.